The number of aromatic carboxylic acids is 1. The average molecular weight is 277 g/mol. The van der Waals surface area contributed by atoms with Crippen molar-refractivity contribution in [3.8, 4) is 0 Å². The average Bonchev–Trinajstić information content (AvgIpc) is 2.65. The number of nitrogens with two attached hydrogens (primary N) is 1. The molecule has 0 saturated carbocycles. The van der Waals surface area contributed by atoms with Crippen LogP contribution < -0.4 is 11.4 Å². The highest BCUT2D eigenvalue weighted by molar-refractivity contribution is 6.01. The molecule has 0 radical (unpaired) electrons. The van der Waals surface area contributed by atoms with Crippen LogP contribution in [-0.4, -0.2) is 26.5 Å². The molecule has 0 fully saturated rings. The van der Waals surface area contributed by atoms with Crippen LogP contribution in [0.3, 0.4) is 0 Å². The highest BCUT2D eigenvalue weighted by atomic mass is 16.4. The van der Waals surface area contributed by atoms with Crippen molar-refractivity contribution in [2.45, 2.75) is 19.9 Å². The van der Waals surface area contributed by atoms with Crippen LogP contribution in [-0.2, 0) is 4.79 Å². The molecule has 0 aliphatic heterocycles. The van der Waals surface area contributed by atoms with Gasteiger partial charge in [-0.1, -0.05) is 19.9 Å². The second-order valence-corrected chi connectivity index (χ2v) is 4.90. The fraction of sp³-hybridized carbons (Fsp3) is 0.308. The SMILES string of the molecule is CC(C)C(C(N)=O)n1c(=O)[nH]c2cccc(C(=O)O)c21. The molecule has 2 aromatic rings. The van der Waals surface area contributed by atoms with E-state index in [1.165, 1.54) is 12.1 Å². The Bertz CT molecular complexity index is 742. The van der Waals surface area contributed by atoms with Gasteiger partial charge in [0.25, 0.3) is 0 Å². The fourth-order valence-corrected chi connectivity index (χ4v) is 2.37. The van der Waals surface area contributed by atoms with Gasteiger partial charge in [0.05, 0.1) is 16.6 Å². The van der Waals surface area contributed by atoms with Crippen molar-refractivity contribution in [1.82, 2.24) is 9.55 Å². The second-order valence-electron chi connectivity index (χ2n) is 4.90. The Hall–Kier alpha value is -2.57. The van der Waals surface area contributed by atoms with E-state index >= 15 is 0 Å². The number of carbonyl (C=O) groups is 2. The summed E-state index contributed by atoms with van der Waals surface area (Å²) in [7, 11) is 0. The minimum atomic E-state index is -1.17. The molecule has 0 aliphatic rings. The summed E-state index contributed by atoms with van der Waals surface area (Å²) in [5, 5.41) is 9.23. The van der Waals surface area contributed by atoms with Gasteiger partial charge in [0, 0.05) is 0 Å². The number of fused-ring (bicyclic) bond motifs is 1. The van der Waals surface area contributed by atoms with E-state index in [1.54, 1.807) is 19.9 Å². The van der Waals surface area contributed by atoms with Crippen molar-refractivity contribution in [3.05, 3.63) is 34.2 Å². The lowest BCUT2D eigenvalue weighted by Crippen LogP contribution is -2.36. The van der Waals surface area contributed by atoms with Gasteiger partial charge in [0.15, 0.2) is 0 Å². The summed E-state index contributed by atoms with van der Waals surface area (Å²) in [6.07, 6.45) is 0. The van der Waals surface area contributed by atoms with E-state index in [-0.39, 0.29) is 17.0 Å². The molecule has 1 heterocycles. The van der Waals surface area contributed by atoms with Gasteiger partial charge in [0.2, 0.25) is 5.91 Å². The Labute approximate surface area is 114 Å². The number of carboxylic acid groups (broad SMARTS) is 1. The number of primary amides is 1. The van der Waals surface area contributed by atoms with Crippen LogP contribution in [0.1, 0.15) is 30.2 Å². The lowest BCUT2D eigenvalue weighted by molar-refractivity contribution is -0.122. The van der Waals surface area contributed by atoms with Crippen LogP contribution in [0.25, 0.3) is 11.0 Å². The predicted octanol–water partition coefficient (Wildman–Crippen LogP) is 0.710. The maximum Gasteiger partial charge on any atom is 0.337 e. The van der Waals surface area contributed by atoms with Gasteiger partial charge in [-0.2, -0.15) is 0 Å². The number of nitrogens with one attached hydrogen (secondary N) is 1. The number of H-pyrrole nitrogens is 1. The molecule has 106 valence electrons. The van der Waals surface area contributed by atoms with Crippen molar-refractivity contribution >= 4 is 22.9 Å². The van der Waals surface area contributed by atoms with Gasteiger partial charge in [-0.25, -0.2) is 9.59 Å². The van der Waals surface area contributed by atoms with Crippen molar-refractivity contribution in [3.63, 3.8) is 0 Å². The van der Waals surface area contributed by atoms with E-state index < -0.39 is 23.6 Å². The molecule has 7 nitrogen and oxygen atoms in total. The number of aromatic amines is 1. The number of carboxylic acids is 1. The molecule has 7 heteroatoms. The molecular weight excluding hydrogens is 262 g/mol. The Morgan fingerprint density at radius 2 is 2.00 bits per heavy atom. The van der Waals surface area contributed by atoms with Crippen molar-refractivity contribution in [2.75, 3.05) is 0 Å². The van der Waals surface area contributed by atoms with Crippen LogP contribution in [0.15, 0.2) is 23.0 Å². The Morgan fingerprint density at radius 1 is 1.35 bits per heavy atom. The summed E-state index contributed by atoms with van der Waals surface area (Å²) in [6.45, 7) is 3.48. The summed E-state index contributed by atoms with van der Waals surface area (Å²) >= 11 is 0. The molecule has 20 heavy (non-hydrogen) atoms. The highest BCUT2D eigenvalue weighted by Gasteiger charge is 2.27. The lowest BCUT2D eigenvalue weighted by atomic mass is 10.0. The van der Waals surface area contributed by atoms with E-state index in [9.17, 15) is 19.5 Å². The zero-order valence-corrected chi connectivity index (χ0v) is 11.1. The Balaban J connectivity index is 2.88. The molecule has 2 rings (SSSR count). The molecule has 1 aromatic heterocycles. The number of hydrogen-bond donors (Lipinski definition) is 3. The fourth-order valence-electron chi connectivity index (χ4n) is 2.37. The summed E-state index contributed by atoms with van der Waals surface area (Å²) in [6, 6.07) is 3.59. The van der Waals surface area contributed by atoms with Crippen LogP contribution in [0, 0.1) is 5.92 Å². The maximum atomic E-state index is 12.1. The number of carbonyl (C=O) groups excluding carboxylic acids is 1. The zero-order valence-electron chi connectivity index (χ0n) is 11.1. The molecule has 1 unspecified atom stereocenters. The smallest absolute Gasteiger partial charge is 0.337 e. The Kier molecular flexibility index (Phi) is 3.35. The van der Waals surface area contributed by atoms with Crippen LogP contribution in [0.2, 0.25) is 0 Å². The van der Waals surface area contributed by atoms with Gasteiger partial charge >= 0.3 is 11.7 Å². The van der Waals surface area contributed by atoms with Crippen molar-refractivity contribution < 1.29 is 14.7 Å². The normalized spacial score (nSPS) is 12.8. The van der Waals surface area contributed by atoms with Gasteiger partial charge in [-0.15, -0.1) is 0 Å². The molecule has 4 N–H and O–H groups in total. The van der Waals surface area contributed by atoms with Crippen molar-refractivity contribution in [2.24, 2.45) is 11.7 Å². The number of imidazole rings is 1. The van der Waals surface area contributed by atoms with E-state index in [0.29, 0.717) is 5.52 Å². The minimum Gasteiger partial charge on any atom is -0.478 e. The molecule has 0 saturated heterocycles. The third-order valence-corrected chi connectivity index (χ3v) is 3.17. The van der Waals surface area contributed by atoms with Gasteiger partial charge in [0.1, 0.15) is 6.04 Å². The molecule has 1 amide bonds. The van der Waals surface area contributed by atoms with Gasteiger partial charge in [-0.3, -0.25) is 9.36 Å². The summed E-state index contributed by atoms with van der Waals surface area (Å²) in [4.78, 5) is 37.5. The number of hydrogen-bond acceptors (Lipinski definition) is 3. The molecule has 0 spiro atoms. The first kappa shape index (κ1) is 13.9. The minimum absolute atomic E-state index is 0.0484. The molecule has 1 aromatic carbocycles. The highest BCUT2D eigenvalue weighted by Crippen LogP contribution is 2.23. The first-order valence-corrected chi connectivity index (χ1v) is 6.10. The van der Waals surface area contributed by atoms with E-state index in [1.807, 2.05) is 0 Å². The first-order chi connectivity index (χ1) is 9.34. The van der Waals surface area contributed by atoms with Gasteiger partial charge in [-0.05, 0) is 18.1 Å². The quantitative estimate of drug-likeness (QED) is 0.762. The number of aromatic nitrogens is 2. The van der Waals surface area contributed by atoms with Crippen LogP contribution in [0.5, 0.6) is 0 Å². The van der Waals surface area contributed by atoms with Crippen LogP contribution in [0.4, 0.5) is 0 Å². The van der Waals surface area contributed by atoms with E-state index in [2.05, 4.69) is 4.98 Å². The number of amides is 1. The third kappa shape index (κ3) is 2.07. The topological polar surface area (TPSA) is 118 Å². The Morgan fingerprint density at radius 3 is 2.50 bits per heavy atom. The largest absolute Gasteiger partial charge is 0.478 e. The lowest BCUT2D eigenvalue weighted by Gasteiger charge is -2.19. The zero-order chi connectivity index (χ0) is 15.0. The number of para-hydroxylation sites is 1. The van der Waals surface area contributed by atoms with E-state index in [0.717, 1.165) is 4.57 Å². The molecule has 0 aliphatic carbocycles. The molecule has 1 atom stereocenters. The standard InChI is InChI=1S/C13H15N3O4/c1-6(2)9(11(14)17)16-10-7(12(18)19)4-3-5-8(10)15-13(16)20/h3-6,9H,1-2H3,(H2,14,17)(H,15,20)(H,18,19). The predicted molar refractivity (Wildman–Crippen MR) is 72.6 cm³/mol. The summed E-state index contributed by atoms with van der Waals surface area (Å²) in [5.74, 6) is -2.09. The number of benzene rings is 1. The van der Waals surface area contributed by atoms with Crippen LogP contribution >= 0.6 is 0 Å². The number of nitrogens with zero attached hydrogens (tertiary/aromatic N) is 1. The first-order valence-electron chi connectivity index (χ1n) is 6.10. The maximum absolute atomic E-state index is 12.1. The summed E-state index contributed by atoms with van der Waals surface area (Å²) in [5.41, 5.74) is 5.30. The molecule has 0 bridgehead atoms. The number of rotatable bonds is 4. The molecular formula is C13H15N3O4. The van der Waals surface area contributed by atoms with Crippen molar-refractivity contribution in [1.29, 1.82) is 0 Å². The summed E-state index contributed by atoms with van der Waals surface area (Å²) < 4.78 is 1.13. The van der Waals surface area contributed by atoms with Gasteiger partial charge < -0.3 is 15.8 Å². The second kappa shape index (κ2) is 4.84. The monoisotopic (exact) mass is 277 g/mol. The van der Waals surface area contributed by atoms with E-state index in [4.69, 9.17) is 5.73 Å². The third-order valence-electron chi connectivity index (χ3n) is 3.17.